The molecule has 3 nitrogen and oxygen atoms in total. The molecule has 3 heteroatoms. The first-order valence-electron chi connectivity index (χ1n) is 8.24. The molecule has 2 rings (SSSR count). The number of likely N-dealkylation sites (tertiary alicyclic amines) is 1. The average Bonchev–Trinajstić information content (AvgIpc) is 2.53. The SMILES string of the molecule is CCCCN(C)C(=O)N1CCC(Cc2ccccc2)CC1. The Morgan fingerprint density at radius 1 is 1.24 bits per heavy atom. The summed E-state index contributed by atoms with van der Waals surface area (Å²) in [6.45, 7) is 4.85. The van der Waals surface area contributed by atoms with Crippen molar-refractivity contribution in [3.8, 4) is 0 Å². The van der Waals surface area contributed by atoms with Gasteiger partial charge in [-0.05, 0) is 37.2 Å². The van der Waals surface area contributed by atoms with Crippen LogP contribution in [0.15, 0.2) is 30.3 Å². The van der Waals surface area contributed by atoms with Crippen molar-refractivity contribution >= 4 is 6.03 Å². The van der Waals surface area contributed by atoms with E-state index in [2.05, 4.69) is 37.3 Å². The Bertz CT molecular complexity index is 424. The van der Waals surface area contributed by atoms with Crippen LogP contribution in [0.5, 0.6) is 0 Å². The molecule has 1 aromatic carbocycles. The molecule has 0 saturated carbocycles. The molecule has 1 saturated heterocycles. The van der Waals surface area contributed by atoms with Gasteiger partial charge in [0.05, 0.1) is 0 Å². The Morgan fingerprint density at radius 3 is 2.52 bits per heavy atom. The van der Waals surface area contributed by atoms with E-state index >= 15 is 0 Å². The molecule has 0 unspecified atom stereocenters. The summed E-state index contributed by atoms with van der Waals surface area (Å²) in [4.78, 5) is 16.2. The molecule has 1 aliphatic rings. The first-order valence-corrected chi connectivity index (χ1v) is 8.24. The van der Waals surface area contributed by atoms with Crippen molar-refractivity contribution < 1.29 is 4.79 Å². The normalized spacial score (nSPS) is 16.0. The number of nitrogens with zero attached hydrogens (tertiary/aromatic N) is 2. The maximum Gasteiger partial charge on any atom is 0.319 e. The van der Waals surface area contributed by atoms with Gasteiger partial charge < -0.3 is 9.80 Å². The molecule has 1 heterocycles. The summed E-state index contributed by atoms with van der Waals surface area (Å²) in [5.74, 6) is 0.720. The van der Waals surface area contributed by atoms with E-state index in [1.165, 1.54) is 5.56 Å². The highest BCUT2D eigenvalue weighted by Gasteiger charge is 2.24. The van der Waals surface area contributed by atoms with E-state index in [-0.39, 0.29) is 6.03 Å². The largest absolute Gasteiger partial charge is 0.328 e. The number of urea groups is 1. The third-order valence-corrected chi connectivity index (χ3v) is 4.43. The molecule has 116 valence electrons. The van der Waals surface area contributed by atoms with Gasteiger partial charge >= 0.3 is 6.03 Å². The monoisotopic (exact) mass is 288 g/mol. The number of hydrogen-bond donors (Lipinski definition) is 0. The van der Waals surface area contributed by atoms with Crippen LogP contribution in [0.3, 0.4) is 0 Å². The molecule has 1 aliphatic heterocycles. The van der Waals surface area contributed by atoms with Crippen LogP contribution in [0.1, 0.15) is 38.2 Å². The molecule has 1 fully saturated rings. The average molecular weight is 288 g/mol. The number of carbonyl (C=O) groups excluding carboxylic acids is 1. The minimum atomic E-state index is 0.210. The highest BCUT2D eigenvalue weighted by molar-refractivity contribution is 5.74. The van der Waals surface area contributed by atoms with Gasteiger partial charge in [0.25, 0.3) is 0 Å². The van der Waals surface area contributed by atoms with Crippen LogP contribution < -0.4 is 0 Å². The molecule has 2 amide bonds. The lowest BCUT2D eigenvalue weighted by Gasteiger charge is -2.34. The lowest BCUT2D eigenvalue weighted by molar-refractivity contribution is 0.140. The van der Waals surface area contributed by atoms with E-state index in [4.69, 9.17) is 0 Å². The van der Waals surface area contributed by atoms with Gasteiger partial charge in [0.2, 0.25) is 0 Å². The van der Waals surface area contributed by atoms with Crippen molar-refractivity contribution in [1.29, 1.82) is 0 Å². The smallest absolute Gasteiger partial charge is 0.319 e. The minimum Gasteiger partial charge on any atom is -0.328 e. The summed E-state index contributed by atoms with van der Waals surface area (Å²) in [7, 11) is 1.92. The van der Waals surface area contributed by atoms with Gasteiger partial charge in [-0.1, -0.05) is 43.7 Å². The zero-order valence-electron chi connectivity index (χ0n) is 13.4. The van der Waals surface area contributed by atoms with Crippen LogP contribution >= 0.6 is 0 Å². The van der Waals surface area contributed by atoms with E-state index in [0.717, 1.165) is 57.7 Å². The van der Waals surface area contributed by atoms with E-state index in [9.17, 15) is 4.79 Å². The number of hydrogen-bond acceptors (Lipinski definition) is 1. The molecule has 1 aromatic rings. The van der Waals surface area contributed by atoms with Crippen LogP contribution in [0, 0.1) is 5.92 Å². The molecule has 0 spiro atoms. The van der Waals surface area contributed by atoms with E-state index < -0.39 is 0 Å². The van der Waals surface area contributed by atoms with Crippen LogP contribution in [-0.4, -0.2) is 42.5 Å². The van der Waals surface area contributed by atoms with Crippen LogP contribution in [0.25, 0.3) is 0 Å². The van der Waals surface area contributed by atoms with Crippen LogP contribution in [0.2, 0.25) is 0 Å². The fourth-order valence-corrected chi connectivity index (χ4v) is 3.01. The van der Waals surface area contributed by atoms with Crippen molar-refractivity contribution in [3.63, 3.8) is 0 Å². The number of rotatable bonds is 5. The van der Waals surface area contributed by atoms with E-state index in [1.54, 1.807) is 0 Å². The molecule has 0 atom stereocenters. The maximum atomic E-state index is 12.3. The van der Waals surface area contributed by atoms with Gasteiger partial charge in [0, 0.05) is 26.7 Å². The number of unbranched alkanes of at least 4 members (excludes halogenated alkanes) is 1. The topological polar surface area (TPSA) is 23.6 Å². The molecule has 0 bridgehead atoms. The van der Waals surface area contributed by atoms with Crippen molar-refractivity contribution in [3.05, 3.63) is 35.9 Å². The minimum absolute atomic E-state index is 0.210. The fourth-order valence-electron chi connectivity index (χ4n) is 3.01. The summed E-state index contributed by atoms with van der Waals surface area (Å²) < 4.78 is 0. The van der Waals surface area contributed by atoms with Crippen molar-refractivity contribution in [2.75, 3.05) is 26.7 Å². The molecule has 0 N–H and O–H groups in total. The second-order valence-corrected chi connectivity index (χ2v) is 6.18. The number of carbonyl (C=O) groups is 1. The number of piperidine rings is 1. The van der Waals surface area contributed by atoms with Crippen molar-refractivity contribution in [2.45, 2.75) is 39.0 Å². The quantitative estimate of drug-likeness (QED) is 0.808. The Kier molecular flexibility index (Phi) is 6.09. The lowest BCUT2D eigenvalue weighted by atomic mass is 9.90. The second kappa shape index (κ2) is 8.06. The Labute approximate surface area is 128 Å². The van der Waals surface area contributed by atoms with Crippen LogP contribution in [0.4, 0.5) is 4.79 Å². The van der Waals surface area contributed by atoms with E-state index in [0.29, 0.717) is 0 Å². The molecule has 0 aliphatic carbocycles. The predicted molar refractivity (Wildman–Crippen MR) is 87.4 cm³/mol. The zero-order chi connectivity index (χ0) is 15.1. The summed E-state index contributed by atoms with van der Waals surface area (Å²) >= 11 is 0. The van der Waals surface area contributed by atoms with Crippen LogP contribution in [-0.2, 0) is 6.42 Å². The maximum absolute atomic E-state index is 12.3. The third kappa shape index (κ3) is 4.76. The van der Waals surface area contributed by atoms with Gasteiger partial charge in [-0.3, -0.25) is 0 Å². The molecule has 0 aromatic heterocycles. The summed E-state index contributed by atoms with van der Waals surface area (Å²) in [6.07, 6.45) is 5.63. The molecular weight excluding hydrogens is 260 g/mol. The lowest BCUT2D eigenvalue weighted by Crippen LogP contribution is -2.45. The Hall–Kier alpha value is -1.51. The standard InChI is InChI=1S/C18H28N2O/c1-3-4-12-19(2)18(21)20-13-10-17(11-14-20)15-16-8-6-5-7-9-16/h5-9,17H,3-4,10-15H2,1-2H3. The molecular formula is C18H28N2O. The van der Waals surface area contributed by atoms with Gasteiger partial charge in [-0.25, -0.2) is 4.79 Å². The Morgan fingerprint density at radius 2 is 1.90 bits per heavy atom. The molecule has 0 radical (unpaired) electrons. The highest BCUT2D eigenvalue weighted by atomic mass is 16.2. The van der Waals surface area contributed by atoms with E-state index in [1.807, 2.05) is 16.8 Å². The third-order valence-electron chi connectivity index (χ3n) is 4.43. The van der Waals surface area contributed by atoms with Gasteiger partial charge in [-0.2, -0.15) is 0 Å². The summed E-state index contributed by atoms with van der Waals surface area (Å²) in [5, 5.41) is 0. The first kappa shape index (κ1) is 15.9. The molecule has 21 heavy (non-hydrogen) atoms. The van der Waals surface area contributed by atoms with Crippen molar-refractivity contribution in [2.24, 2.45) is 5.92 Å². The van der Waals surface area contributed by atoms with Gasteiger partial charge in [-0.15, -0.1) is 0 Å². The summed E-state index contributed by atoms with van der Waals surface area (Å²) in [5.41, 5.74) is 1.42. The fraction of sp³-hybridized carbons (Fsp3) is 0.611. The predicted octanol–water partition coefficient (Wildman–Crippen LogP) is 3.79. The van der Waals surface area contributed by atoms with Crippen molar-refractivity contribution in [1.82, 2.24) is 9.80 Å². The summed E-state index contributed by atoms with van der Waals surface area (Å²) in [6, 6.07) is 10.9. The Balaban J connectivity index is 1.76. The highest BCUT2D eigenvalue weighted by Crippen LogP contribution is 2.22. The second-order valence-electron chi connectivity index (χ2n) is 6.18. The van der Waals surface area contributed by atoms with Gasteiger partial charge in [0.15, 0.2) is 0 Å². The first-order chi connectivity index (χ1) is 10.2. The number of amides is 2. The number of benzene rings is 1. The van der Waals surface area contributed by atoms with Gasteiger partial charge in [0.1, 0.15) is 0 Å². The zero-order valence-corrected chi connectivity index (χ0v) is 13.4.